The number of ketones is 3. The van der Waals surface area contributed by atoms with Gasteiger partial charge in [-0.3, -0.25) is 14.4 Å². The lowest BCUT2D eigenvalue weighted by Crippen LogP contribution is -2.04. The van der Waals surface area contributed by atoms with Gasteiger partial charge in [0.1, 0.15) is 11.3 Å². The third-order valence-corrected chi connectivity index (χ3v) is 14.0. The fourth-order valence-corrected chi connectivity index (χ4v) is 9.67. The number of para-hydroxylation sites is 1. The summed E-state index contributed by atoms with van der Waals surface area (Å²) in [7, 11) is 0. The second kappa shape index (κ2) is 24.4. The van der Waals surface area contributed by atoms with Crippen molar-refractivity contribution in [2.24, 2.45) is 0 Å². The molecule has 10 rings (SSSR count). The molecule has 0 spiro atoms. The Bertz CT molecular complexity index is 3490. The molecule has 0 saturated heterocycles. The van der Waals surface area contributed by atoms with Gasteiger partial charge < -0.3 is 24.2 Å². The van der Waals surface area contributed by atoms with E-state index in [9.17, 15) is 28.8 Å². The fraction of sp³-hybridized carbons (Fsp3) is 0.0851. The van der Waals surface area contributed by atoms with E-state index in [0.717, 1.165) is 5.39 Å². The number of halogens is 1. The number of carbonyl (C=O) groups is 6. The van der Waals surface area contributed by atoms with E-state index >= 15 is 0 Å². The summed E-state index contributed by atoms with van der Waals surface area (Å²) in [4.78, 5) is 69.9. The highest BCUT2D eigenvalue weighted by Gasteiger charge is 2.19. The zero-order valence-corrected chi connectivity index (χ0v) is 42.3. The molecule has 0 aliphatic rings. The van der Waals surface area contributed by atoms with Crippen molar-refractivity contribution in [1.82, 2.24) is 60.6 Å². The van der Waals surface area contributed by atoms with E-state index in [1.165, 1.54) is 97.1 Å². The number of hydrogen-bond donors (Lipinski definition) is 3. The number of aryl methyl sites for hydroxylation is 1. The summed E-state index contributed by atoms with van der Waals surface area (Å²) in [5.74, 6) is -1.77. The lowest BCUT2D eigenvalue weighted by molar-refractivity contribution is 0.0686. The second-order valence-corrected chi connectivity index (χ2v) is 19.5. The molecule has 23 nitrogen and oxygen atoms in total. The molecule has 0 atom stereocenters. The smallest absolute Gasteiger partial charge is 0.335 e. The maximum absolute atomic E-state index is 12.4. The first-order chi connectivity index (χ1) is 36.2. The van der Waals surface area contributed by atoms with E-state index < -0.39 is 17.9 Å². The van der Waals surface area contributed by atoms with Crippen molar-refractivity contribution in [3.05, 3.63) is 171 Å². The minimum atomic E-state index is -1.01. The van der Waals surface area contributed by atoms with Crippen LogP contribution in [0.1, 0.15) is 67.6 Å². The van der Waals surface area contributed by atoms with Crippen LogP contribution in [0.4, 0.5) is 0 Å². The maximum Gasteiger partial charge on any atom is 0.335 e. The van der Waals surface area contributed by atoms with Crippen LogP contribution >= 0.6 is 58.2 Å². The number of fused-ring (bicyclic) bond motifs is 1. The molecule has 4 aromatic carbocycles. The van der Waals surface area contributed by atoms with Gasteiger partial charge in [0.25, 0.3) is 0 Å². The van der Waals surface area contributed by atoms with Gasteiger partial charge in [-0.1, -0.05) is 65.1 Å². The van der Waals surface area contributed by atoms with E-state index in [1.807, 2.05) is 18.2 Å². The minimum absolute atomic E-state index is 0.0623. The maximum atomic E-state index is 12.4. The van der Waals surface area contributed by atoms with Crippen LogP contribution in [0.3, 0.4) is 0 Å². The Morgan fingerprint density at radius 2 is 0.947 bits per heavy atom. The third-order valence-electron chi connectivity index (χ3n) is 9.96. The lowest BCUT2D eigenvalue weighted by Gasteiger charge is -2.04. The Labute approximate surface area is 442 Å². The molecule has 6 heterocycles. The summed E-state index contributed by atoms with van der Waals surface area (Å²) in [5.41, 5.74) is 2.99. The first kappa shape index (κ1) is 52.7. The van der Waals surface area contributed by atoms with Crippen molar-refractivity contribution in [3.63, 3.8) is 0 Å². The summed E-state index contributed by atoms with van der Waals surface area (Å²) in [5, 5.41) is 63.1. The zero-order chi connectivity index (χ0) is 53.0. The first-order valence-corrected chi connectivity index (χ1v) is 25.5. The van der Waals surface area contributed by atoms with Crippen molar-refractivity contribution in [2.75, 3.05) is 17.3 Å². The van der Waals surface area contributed by atoms with Crippen LogP contribution in [0.2, 0.25) is 4.34 Å². The first-order valence-electron chi connectivity index (χ1n) is 21.4. The predicted molar refractivity (Wildman–Crippen MR) is 272 cm³/mol. The predicted octanol–water partition coefficient (Wildman–Crippen LogP) is 8.37. The summed E-state index contributed by atoms with van der Waals surface area (Å²) in [6.07, 6.45) is 0. The molecule has 0 aliphatic carbocycles. The monoisotopic (exact) mass is 1100 g/mol. The van der Waals surface area contributed by atoms with Gasteiger partial charge in [-0.2, -0.15) is 14.0 Å². The van der Waals surface area contributed by atoms with Crippen LogP contribution in [0.5, 0.6) is 0 Å². The highest BCUT2D eigenvalue weighted by Crippen LogP contribution is 2.27. The van der Waals surface area contributed by atoms with E-state index in [0.29, 0.717) is 58.8 Å². The van der Waals surface area contributed by atoms with Gasteiger partial charge in [-0.25, -0.2) is 14.4 Å². The number of hydrogen-bond acceptors (Lipinski definition) is 21. The van der Waals surface area contributed by atoms with Gasteiger partial charge in [-0.05, 0) is 147 Å². The van der Waals surface area contributed by atoms with Gasteiger partial charge in [-0.15, -0.1) is 26.6 Å². The Hall–Kier alpha value is -8.63. The Kier molecular flexibility index (Phi) is 17.1. The largest absolute Gasteiger partial charge is 0.478 e. The average molecular weight is 1110 g/mol. The number of thiophene rings is 1. The third kappa shape index (κ3) is 13.5. The lowest BCUT2D eigenvalue weighted by atomic mass is 10.2. The van der Waals surface area contributed by atoms with E-state index in [2.05, 4.69) is 46.6 Å². The molecule has 0 saturated carbocycles. The number of aromatic carboxylic acids is 3. The molecule has 75 heavy (non-hydrogen) atoms. The standard InChI is InChI=1S/C18H12N4O4S.C15H12N4O4S.C14H9ClN4O3S2/c23-14(16-9-12-3-1-2-4-15(12)26-16)10-27-18-19-20-21-22(18)13-7-5-11(6-8-13)17(24)25;1-9-2-7-13(23-9)12(20)8-24-15-16-17-18-19(15)11-5-3-10(4-6-11)14(21)22;15-12-6-5-11(24-12)10(20)7-23-14-16-17-18-19(14)9-3-1-8(2-4-9)13(21)22/h1-9H,10H2,(H,24,25);2-7H,8H2,1H3,(H,21,22);1-6H,7H2,(H,21,22). The van der Waals surface area contributed by atoms with Crippen molar-refractivity contribution in [2.45, 2.75) is 22.4 Å². The number of furan rings is 2. The van der Waals surface area contributed by atoms with Crippen LogP contribution in [0.25, 0.3) is 28.0 Å². The zero-order valence-electron chi connectivity index (χ0n) is 38.2. The molecular weight excluding hydrogens is 1070 g/mol. The molecule has 0 bridgehead atoms. The molecule has 0 unspecified atom stereocenters. The summed E-state index contributed by atoms with van der Waals surface area (Å²) in [6.45, 7) is 1.77. The SMILES string of the molecule is Cc1ccc(C(=O)CSc2nnnn2-c2ccc(C(=O)O)cc2)o1.O=C(O)c1ccc(-n2nnnc2SCC(=O)c2cc3ccccc3o2)cc1.O=C(O)c1ccc(-n2nnnc2SCC(=O)c2ccc(Cl)s2)cc1. The molecule has 3 N–H and O–H groups in total. The molecule has 0 aliphatic heterocycles. The Morgan fingerprint density at radius 3 is 1.33 bits per heavy atom. The normalized spacial score (nSPS) is 10.8. The molecule has 0 radical (unpaired) electrons. The molecule has 10 aromatic rings. The van der Waals surface area contributed by atoms with Gasteiger partial charge in [0.05, 0.1) is 60.2 Å². The number of rotatable bonds is 18. The topological polar surface area (TPSA) is 320 Å². The highest BCUT2D eigenvalue weighted by molar-refractivity contribution is 8.00. The van der Waals surface area contributed by atoms with Crippen molar-refractivity contribution >= 4 is 104 Å². The fourth-order valence-electron chi connectivity index (χ4n) is 6.30. The van der Waals surface area contributed by atoms with Gasteiger partial charge >= 0.3 is 17.9 Å². The number of aromatic nitrogens is 12. The summed E-state index contributed by atoms with van der Waals surface area (Å²) < 4.78 is 15.8. The van der Waals surface area contributed by atoms with Crippen LogP contribution in [0, 0.1) is 6.92 Å². The van der Waals surface area contributed by atoms with Crippen LogP contribution in [-0.2, 0) is 0 Å². The molecule has 378 valence electrons. The van der Waals surface area contributed by atoms with Gasteiger partial charge in [0, 0.05) is 5.39 Å². The van der Waals surface area contributed by atoms with Crippen LogP contribution in [-0.4, -0.2) is 128 Å². The number of tetrazole rings is 3. The van der Waals surface area contributed by atoms with E-state index in [-0.39, 0.29) is 57.1 Å². The number of nitrogens with zero attached hydrogens (tertiary/aromatic N) is 12. The van der Waals surface area contributed by atoms with Crippen molar-refractivity contribution in [1.29, 1.82) is 0 Å². The molecule has 0 amide bonds. The summed E-state index contributed by atoms with van der Waals surface area (Å²) >= 11 is 10.6. The number of carbonyl (C=O) groups excluding carboxylic acids is 3. The average Bonchev–Trinajstić information content (AvgIpc) is 4.30. The molecule has 0 fully saturated rings. The Balaban J connectivity index is 0.000000150. The number of benzene rings is 4. The highest BCUT2D eigenvalue weighted by atomic mass is 35.5. The van der Waals surface area contributed by atoms with Crippen LogP contribution in [0.15, 0.2) is 152 Å². The second-order valence-electron chi connectivity index (χ2n) is 15.0. The van der Waals surface area contributed by atoms with Crippen LogP contribution < -0.4 is 0 Å². The van der Waals surface area contributed by atoms with E-state index in [4.69, 9.17) is 35.8 Å². The van der Waals surface area contributed by atoms with Crippen molar-refractivity contribution in [3.8, 4) is 17.1 Å². The summed E-state index contributed by atoms with van der Waals surface area (Å²) in [6, 6.07) is 34.2. The van der Waals surface area contributed by atoms with E-state index in [1.54, 1.807) is 79.7 Å². The molecule has 6 aromatic heterocycles. The molecular formula is C47H33ClN12O11S4. The number of carboxylic acid groups (broad SMARTS) is 3. The number of Topliss-reactive ketones (excluding diaryl/α,β-unsaturated/α-hetero) is 3. The minimum Gasteiger partial charge on any atom is -0.478 e. The number of carboxylic acids is 3. The van der Waals surface area contributed by atoms with Gasteiger partial charge in [0.2, 0.25) is 27.0 Å². The van der Waals surface area contributed by atoms with Crippen molar-refractivity contribution < 1.29 is 52.9 Å². The number of thioether (sulfide) groups is 3. The quantitative estimate of drug-likeness (QED) is 0.0536. The molecule has 28 heteroatoms. The Morgan fingerprint density at radius 1 is 0.520 bits per heavy atom. The van der Waals surface area contributed by atoms with Gasteiger partial charge in [0.15, 0.2) is 17.3 Å².